The second-order valence-electron chi connectivity index (χ2n) is 5.68. The molecule has 3 rings (SSSR count). The summed E-state index contributed by atoms with van der Waals surface area (Å²) < 4.78 is 2.09. The monoisotopic (exact) mass is 290 g/mol. The average molecular weight is 290 g/mol. The van der Waals surface area contributed by atoms with E-state index in [0.717, 1.165) is 31.1 Å². The summed E-state index contributed by atoms with van der Waals surface area (Å²) >= 11 is 1.88. The van der Waals surface area contributed by atoms with Crippen LogP contribution in [0.15, 0.2) is 18.2 Å². The Morgan fingerprint density at radius 3 is 3.10 bits per heavy atom. The van der Waals surface area contributed by atoms with Crippen LogP contribution in [0.2, 0.25) is 0 Å². The van der Waals surface area contributed by atoms with Crippen LogP contribution in [0, 0.1) is 19.8 Å². The van der Waals surface area contributed by atoms with Crippen LogP contribution < -0.4 is 10.6 Å². The minimum absolute atomic E-state index is 0.425. The van der Waals surface area contributed by atoms with Gasteiger partial charge in [0.15, 0.2) is 0 Å². The lowest BCUT2D eigenvalue weighted by molar-refractivity contribution is 0.377. The number of aryl methyl sites for hydroxylation is 2. The number of rotatable bonds is 4. The Morgan fingerprint density at radius 1 is 1.50 bits per heavy atom. The van der Waals surface area contributed by atoms with E-state index in [1.807, 2.05) is 18.3 Å². The van der Waals surface area contributed by atoms with Crippen LogP contribution in [-0.4, -0.2) is 22.9 Å². The molecule has 1 aliphatic rings. The molecule has 0 spiro atoms. The number of anilines is 1. The first-order valence-electron chi connectivity index (χ1n) is 7.20. The van der Waals surface area contributed by atoms with Crippen molar-refractivity contribution in [2.45, 2.75) is 33.4 Å². The number of hydrogen-bond donors (Lipinski definition) is 2. The van der Waals surface area contributed by atoms with E-state index >= 15 is 0 Å². The van der Waals surface area contributed by atoms with Crippen molar-refractivity contribution >= 4 is 17.2 Å². The van der Waals surface area contributed by atoms with Gasteiger partial charge in [0.05, 0.1) is 5.69 Å². The van der Waals surface area contributed by atoms with Gasteiger partial charge in [0, 0.05) is 47.4 Å². The fourth-order valence-corrected chi connectivity index (χ4v) is 3.56. The first-order valence-corrected chi connectivity index (χ1v) is 8.01. The Hall–Kier alpha value is -1.33. The van der Waals surface area contributed by atoms with Crippen LogP contribution in [0.5, 0.6) is 0 Å². The topological polar surface area (TPSA) is 41.9 Å². The Morgan fingerprint density at radius 2 is 2.35 bits per heavy atom. The molecule has 108 valence electrons. The summed E-state index contributed by atoms with van der Waals surface area (Å²) in [6, 6.07) is 6.96. The zero-order valence-corrected chi connectivity index (χ0v) is 13.1. The summed E-state index contributed by atoms with van der Waals surface area (Å²) in [4.78, 5) is 2.80. The van der Waals surface area contributed by atoms with Gasteiger partial charge in [0.1, 0.15) is 5.82 Å². The summed E-state index contributed by atoms with van der Waals surface area (Å²) in [7, 11) is 0. The van der Waals surface area contributed by atoms with Gasteiger partial charge < -0.3 is 10.6 Å². The number of nitrogens with zero attached hydrogens (tertiary/aromatic N) is 2. The quantitative estimate of drug-likeness (QED) is 0.909. The van der Waals surface area contributed by atoms with E-state index in [0.29, 0.717) is 12.0 Å². The molecule has 0 fully saturated rings. The standard InChI is InChI=1S/C15H22N4S/c1-10-6-15-17-8-13(9-19(15)18-10)7-16-12(3)14-5-4-11(2)20-14/h4-6,12-13,16-17H,7-9H2,1-3H3. The van der Waals surface area contributed by atoms with Gasteiger partial charge in [-0.1, -0.05) is 0 Å². The fourth-order valence-electron chi connectivity index (χ4n) is 2.65. The Balaban J connectivity index is 1.55. The molecule has 4 nitrogen and oxygen atoms in total. The van der Waals surface area contributed by atoms with Crippen molar-refractivity contribution in [1.29, 1.82) is 0 Å². The van der Waals surface area contributed by atoms with Crippen LogP contribution in [0.25, 0.3) is 0 Å². The van der Waals surface area contributed by atoms with Crippen molar-refractivity contribution in [3.8, 4) is 0 Å². The van der Waals surface area contributed by atoms with Crippen LogP contribution >= 0.6 is 11.3 Å². The largest absolute Gasteiger partial charge is 0.370 e. The second-order valence-corrected chi connectivity index (χ2v) is 7.00. The molecule has 0 bridgehead atoms. The van der Waals surface area contributed by atoms with E-state index in [4.69, 9.17) is 0 Å². The summed E-state index contributed by atoms with van der Waals surface area (Å²) in [6.07, 6.45) is 0. The van der Waals surface area contributed by atoms with Gasteiger partial charge in [0.25, 0.3) is 0 Å². The minimum Gasteiger partial charge on any atom is -0.370 e. The molecule has 0 saturated carbocycles. The normalized spacial score (nSPS) is 19.4. The Kier molecular flexibility index (Phi) is 3.81. The van der Waals surface area contributed by atoms with Gasteiger partial charge in [-0.2, -0.15) is 5.10 Å². The highest BCUT2D eigenvalue weighted by Crippen LogP contribution is 2.23. The Bertz CT molecular complexity index is 586. The molecule has 2 aromatic rings. The van der Waals surface area contributed by atoms with Crippen LogP contribution in [0.1, 0.15) is 28.4 Å². The van der Waals surface area contributed by atoms with E-state index in [2.05, 4.69) is 52.5 Å². The summed E-state index contributed by atoms with van der Waals surface area (Å²) in [5.74, 6) is 1.74. The SMILES string of the molecule is Cc1cc2n(n1)CC(CNC(C)c1ccc(C)s1)CN2. The maximum absolute atomic E-state index is 4.52. The highest BCUT2D eigenvalue weighted by Gasteiger charge is 2.20. The fraction of sp³-hybridized carbons (Fsp3) is 0.533. The zero-order valence-electron chi connectivity index (χ0n) is 12.3. The third-order valence-electron chi connectivity index (χ3n) is 3.81. The molecule has 20 heavy (non-hydrogen) atoms. The lowest BCUT2D eigenvalue weighted by atomic mass is 10.1. The minimum atomic E-state index is 0.425. The third kappa shape index (κ3) is 2.88. The molecule has 2 aromatic heterocycles. The van der Waals surface area contributed by atoms with Crippen LogP contribution in [0.3, 0.4) is 0 Å². The van der Waals surface area contributed by atoms with Crippen molar-refractivity contribution in [3.05, 3.63) is 33.6 Å². The Labute approximate surface area is 124 Å². The van der Waals surface area contributed by atoms with Gasteiger partial charge in [0.2, 0.25) is 0 Å². The smallest absolute Gasteiger partial charge is 0.124 e. The molecule has 0 saturated heterocycles. The van der Waals surface area contributed by atoms with Crippen LogP contribution in [0.4, 0.5) is 5.82 Å². The van der Waals surface area contributed by atoms with Crippen LogP contribution in [-0.2, 0) is 6.54 Å². The molecule has 0 amide bonds. The number of fused-ring (bicyclic) bond motifs is 1. The molecule has 1 aliphatic heterocycles. The third-order valence-corrected chi connectivity index (χ3v) is 4.99. The molecule has 5 heteroatoms. The van der Waals surface area contributed by atoms with E-state index < -0.39 is 0 Å². The number of thiophene rings is 1. The van der Waals surface area contributed by atoms with Gasteiger partial charge >= 0.3 is 0 Å². The predicted molar refractivity (Wildman–Crippen MR) is 84.4 cm³/mol. The van der Waals surface area contributed by atoms with Crippen molar-refractivity contribution in [2.75, 3.05) is 18.4 Å². The maximum Gasteiger partial charge on any atom is 0.124 e. The van der Waals surface area contributed by atoms with Gasteiger partial charge in [-0.05, 0) is 32.9 Å². The molecule has 3 heterocycles. The summed E-state index contributed by atoms with van der Waals surface area (Å²) in [6.45, 7) is 9.48. The molecule has 0 aromatic carbocycles. The molecule has 2 atom stereocenters. The summed E-state index contributed by atoms with van der Waals surface area (Å²) in [5.41, 5.74) is 1.09. The summed E-state index contributed by atoms with van der Waals surface area (Å²) in [5, 5.41) is 11.6. The number of aromatic nitrogens is 2. The highest BCUT2D eigenvalue weighted by atomic mass is 32.1. The maximum atomic E-state index is 4.52. The first kappa shape index (κ1) is 13.6. The molecular weight excluding hydrogens is 268 g/mol. The van der Waals surface area contributed by atoms with Crippen molar-refractivity contribution in [1.82, 2.24) is 15.1 Å². The highest BCUT2D eigenvalue weighted by molar-refractivity contribution is 7.12. The average Bonchev–Trinajstić information content (AvgIpc) is 3.00. The predicted octanol–water partition coefficient (Wildman–Crippen LogP) is 2.95. The van der Waals surface area contributed by atoms with Gasteiger partial charge in [-0.15, -0.1) is 11.3 Å². The molecule has 2 N–H and O–H groups in total. The van der Waals surface area contributed by atoms with E-state index in [-0.39, 0.29) is 0 Å². The van der Waals surface area contributed by atoms with Crippen molar-refractivity contribution < 1.29 is 0 Å². The van der Waals surface area contributed by atoms with E-state index in [9.17, 15) is 0 Å². The van der Waals surface area contributed by atoms with Gasteiger partial charge in [-0.25, -0.2) is 4.68 Å². The second kappa shape index (κ2) is 5.58. The zero-order chi connectivity index (χ0) is 14.1. The molecular formula is C15H22N4S. The van der Waals surface area contributed by atoms with E-state index in [1.54, 1.807) is 0 Å². The lowest BCUT2D eigenvalue weighted by Gasteiger charge is -2.26. The molecule has 0 radical (unpaired) electrons. The lowest BCUT2D eigenvalue weighted by Crippen LogP contribution is -2.36. The van der Waals surface area contributed by atoms with Crippen molar-refractivity contribution in [3.63, 3.8) is 0 Å². The number of nitrogens with one attached hydrogen (secondary N) is 2. The molecule has 2 unspecified atom stereocenters. The molecule has 0 aliphatic carbocycles. The first-order chi connectivity index (χ1) is 9.61. The van der Waals surface area contributed by atoms with Gasteiger partial charge in [-0.3, -0.25) is 0 Å². The number of hydrogen-bond acceptors (Lipinski definition) is 4. The van der Waals surface area contributed by atoms with E-state index in [1.165, 1.54) is 9.75 Å². The van der Waals surface area contributed by atoms with Crippen molar-refractivity contribution in [2.24, 2.45) is 5.92 Å².